The summed E-state index contributed by atoms with van der Waals surface area (Å²) in [6, 6.07) is 18.7. The summed E-state index contributed by atoms with van der Waals surface area (Å²) in [4.78, 5) is 0. The Morgan fingerprint density at radius 3 is 2.61 bits per heavy atom. The largest absolute Gasteiger partial charge is 0.496 e. The number of nitrogens with zero attached hydrogens (tertiary/aromatic N) is 1. The van der Waals surface area contributed by atoms with E-state index in [0.29, 0.717) is 0 Å². The third-order valence-electron chi connectivity index (χ3n) is 3.21. The van der Waals surface area contributed by atoms with Crippen molar-refractivity contribution in [3.8, 4) is 5.75 Å². The molecular weight excluding hydrogens is 222 g/mol. The van der Waals surface area contributed by atoms with Crippen LogP contribution >= 0.6 is 0 Å². The van der Waals surface area contributed by atoms with Crippen LogP contribution in [-0.2, 0) is 6.54 Å². The van der Waals surface area contributed by atoms with Crippen LogP contribution in [-0.4, -0.2) is 11.7 Å². The molecular formula is C16H15NO. The van der Waals surface area contributed by atoms with Crippen molar-refractivity contribution in [1.82, 2.24) is 4.57 Å². The molecule has 0 atom stereocenters. The zero-order valence-electron chi connectivity index (χ0n) is 10.3. The van der Waals surface area contributed by atoms with Crippen molar-refractivity contribution < 1.29 is 4.74 Å². The van der Waals surface area contributed by atoms with E-state index in [2.05, 4.69) is 47.2 Å². The smallest absolute Gasteiger partial charge is 0.123 e. The summed E-state index contributed by atoms with van der Waals surface area (Å²) in [6.45, 7) is 0.831. The maximum Gasteiger partial charge on any atom is 0.123 e. The number of hydrogen-bond acceptors (Lipinski definition) is 1. The van der Waals surface area contributed by atoms with Gasteiger partial charge in [-0.3, -0.25) is 0 Å². The molecule has 0 aliphatic carbocycles. The standard InChI is InChI=1S/C16H15NO/c1-18-16-9-5-3-7-14(16)12-17-11-10-13-6-2-4-8-15(13)17/h2-11H,12H2,1H3. The van der Waals surface area contributed by atoms with E-state index in [1.54, 1.807) is 7.11 Å². The molecule has 0 saturated heterocycles. The van der Waals surface area contributed by atoms with Gasteiger partial charge in [-0.25, -0.2) is 0 Å². The number of benzene rings is 2. The van der Waals surface area contributed by atoms with Crippen molar-refractivity contribution in [2.24, 2.45) is 0 Å². The van der Waals surface area contributed by atoms with Gasteiger partial charge in [-0.05, 0) is 23.6 Å². The van der Waals surface area contributed by atoms with Gasteiger partial charge in [0.1, 0.15) is 5.75 Å². The Morgan fingerprint density at radius 1 is 0.944 bits per heavy atom. The molecule has 1 aromatic heterocycles. The molecule has 0 fully saturated rings. The number of fused-ring (bicyclic) bond motifs is 1. The SMILES string of the molecule is COc1ccccc1Cn1ccc2ccccc21. The second-order valence-electron chi connectivity index (χ2n) is 4.31. The monoisotopic (exact) mass is 237 g/mol. The van der Waals surface area contributed by atoms with Gasteiger partial charge in [-0.2, -0.15) is 0 Å². The lowest BCUT2D eigenvalue weighted by atomic mass is 10.2. The van der Waals surface area contributed by atoms with Gasteiger partial charge in [0, 0.05) is 17.3 Å². The van der Waals surface area contributed by atoms with Crippen molar-refractivity contribution in [2.75, 3.05) is 7.11 Å². The number of methoxy groups -OCH3 is 1. The van der Waals surface area contributed by atoms with Crippen LogP contribution in [0.4, 0.5) is 0 Å². The Labute approximate surface area is 106 Å². The molecule has 0 saturated carbocycles. The zero-order valence-corrected chi connectivity index (χ0v) is 10.3. The molecule has 1 heterocycles. The minimum atomic E-state index is 0.831. The highest BCUT2D eigenvalue weighted by atomic mass is 16.5. The second kappa shape index (κ2) is 4.57. The molecule has 0 spiro atoms. The molecule has 0 aliphatic rings. The lowest BCUT2D eigenvalue weighted by Crippen LogP contribution is -2.00. The van der Waals surface area contributed by atoms with E-state index in [0.717, 1.165) is 12.3 Å². The van der Waals surface area contributed by atoms with E-state index in [-0.39, 0.29) is 0 Å². The summed E-state index contributed by atoms with van der Waals surface area (Å²) < 4.78 is 7.64. The van der Waals surface area contributed by atoms with Crippen molar-refractivity contribution in [2.45, 2.75) is 6.54 Å². The molecule has 2 nitrogen and oxygen atoms in total. The third-order valence-corrected chi connectivity index (χ3v) is 3.21. The molecule has 2 aromatic carbocycles. The Bertz CT molecular complexity index is 669. The molecule has 0 radical (unpaired) electrons. The fraction of sp³-hybridized carbons (Fsp3) is 0.125. The highest BCUT2D eigenvalue weighted by Crippen LogP contribution is 2.22. The summed E-state index contributed by atoms with van der Waals surface area (Å²) in [5.41, 5.74) is 2.45. The Balaban J connectivity index is 2.01. The highest BCUT2D eigenvalue weighted by Gasteiger charge is 2.04. The lowest BCUT2D eigenvalue weighted by Gasteiger charge is -2.10. The molecule has 0 N–H and O–H groups in total. The van der Waals surface area contributed by atoms with Gasteiger partial charge in [0.2, 0.25) is 0 Å². The second-order valence-corrected chi connectivity index (χ2v) is 4.31. The number of aromatic nitrogens is 1. The van der Waals surface area contributed by atoms with Gasteiger partial charge in [0.15, 0.2) is 0 Å². The maximum atomic E-state index is 5.39. The molecule has 0 bridgehead atoms. The average Bonchev–Trinajstić information content (AvgIpc) is 2.83. The molecule has 3 aromatic rings. The Kier molecular flexibility index (Phi) is 2.77. The van der Waals surface area contributed by atoms with Crippen LogP contribution in [0.5, 0.6) is 5.75 Å². The lowest BCUT2D eigenvalue weighted by molar-refractivity contribution is 0.408. The zero-order chi connectivity index (χ0) is 12.4. The van der Waals surface area contributed by atoms with E-state index >= 15 is 0 Å². The van der Waals surface area contributed by atoms with Crippen molar-refractivity contribution >= 4 is 10.9 Å². The summed E-state index contributed by atoms with van der Waals surface area (Å²) in [7, 11) is 1.71. The minimum absolute atomic E-state index is 0.831. The predicted molar refractivity (Wildman–Crippen MR) is 74.0 cm³/mol. The van der Waals surface area contributed by atoms with Crippen LogP contribution in [0.3, 0.4) is 0 Å². The molecule has 2 heteroatoms. The maximum absolute atomic E-state index is 5.39. The highest BCUT2D eigenvalue weighted by molar-refractivity contribution is 5.80. The van der Waals surface area contributed by atoms with Crippen LogP contribution in [0.15, 0.2) is 60.8 Å². The Hall–Kier alpha value is -2.22. The first-order valence-electron chi connectivity index (χ1n) is 6.04. The first-order valence-corrected chi connectivity index (χ1v) is 6.04. The first kappa shape index (κ1) is 10.9. The van der Waals surface area contributed by atoms with E-state index in [4.69, 9.17) is 4.74 Å². The van der Waals surface area contributed by atoms with Gasteiger partial charge in [-0.15, -0.1) is 0 Å². The summed E-state index contributed by atoms with van der Waals surface area (Å²) in [6.07, 6.45) is 2.12. The van der Waals surface area contributed by atoms with Crippen LogP contribution in [0.1, 0.15) is 5.56 Å². The first-order chi connectivity index (χ1) is 8.88. The molecule has 3 rings (SSSR count). The van der Waals surface area contributed by atoms with Gasteiger partial charge in [0.25, 0.3) is 0 Å². The number of ether oxygens (including phenoxy) is 1. The fourth-order valence-electron chi connectivity index (χ4n) is 2.30. The van der Waals surface area contributed by atoms with Gasteiger partial charge in [0.05, 0.1) is 13.7 Å². The van der Waals surface area contributed by atoms with Crippen molar-refractivity contribution in [3.05, 3.63) is 66.4 Å². The van der Waals surface area contributed by atoms with Crippen LogP contribution in [0, 0.1) is 0 Å². The van der Waals surface area contributed by atoms with Crippen LogP contribution < -0.4 is 4.74 Å². The van der Waals surface area contributed by atoms with Gasteiger partial charge >= 0.3 is 0 Å². The number of para-hydroxylation sites is 2. The van der Waals surface area contributed by atoms with Crippen LogP contribution in [0.2, 0.25) is 0 Å². The summed E-state index contributed by atoms with van der Waals surface area (Å²) in [5, 5.41) is 1.27. The van der Waals surface area contributed by atoms with E-state index in [9.17, 15) is 0 Å². The molecule has 0 aliphatic heterocycles. The quantitative estimate of drug-likeness (QED) is 0.677. The Morgan fingerprint density at radius 2 is 1.72 bits per heavy atom. The van der Waals surface area contributed by atoms with Gasteiger partial charge < -0.3 is 9.30 Å². The van der Waals surface area contributed by atoms with E-state index in [1.807, 2.05) is 18.2 Å². The van der Waals surface area contributed by atoms with Crippen molar-refractivity contribution in [3.63, 3.8) is 0 Å². The predicted octanol–water partition coefficient (Wildman–Crippen LogP) is 3.70. The summed E-state index contributed by atoms with van der Waals surface area (Å²) in [5.74, 6) is 0.940. The number of hydrogen-bond donors (Lipinski definition) is 0. The number of rotatable bonds is 3. The normalized spacial score (nSPS) is 10.7. The third kappa shape index (κ3) is 1.86. The minimum Gasteiger partial charge on any atom is -0.496 e. The fourth-order valence-corrected chi connectivity index (χ4v) is 2.30. The van der Waals surface area contributed by atoms with Crippen LogP contribution in [0.25, 0.3) is 10.9 Å². The molecule has 18 heavy (non-hydrogen) atoms. The molecule has 0 amide bonds. The topological polar surface area (TPSA) is 14.2 Å². The summed E-state index contributed by atoms with van der Waals surface area (Å²) >= 11 is 0. The molecule has 0 unspecified atom stereocenters. The molecule has 90 valence electrons. The average molecular weight is 237 g/mol. The van der Waals surface area contributed by atoms with Gasteiger partial charge in [-0.1, -0.05) is 36.4 Å². The van der Waals surface area contributed by atoms with E-state index < -0.39 is 0 Å². The van der Waals surface area contributed by atoms with Crippen molar-refractivity contribution in [1.29, 1.82) is 0 Å². The van der Waals surface area contributed by atoms with E-state index in [1.165, 1.54) is 16.5 Å².